The van der Waals surface area contributed by atoms with Crippen LogP contribution in [-0.4, -0.2) is 43.2 Å². The van der Waals surface area contributed by atoms with Gasteiger partial charge in [-0.25, -0.2) is 9.78 Å². The summed E-state index contributed by atoms with van der Waals surface area (Å²) in [4.78, 5) is 34.4. The molecule has 1 aliphatic rings. The standard InChI is InChI=1S/C15H13N5O3S/c21-12-7-10(9-3-1-5-16-8-9)17-14-20(12)18-15(24-14)19-6-2-4-11(19)13(22)23/h1,3,5,7-8,11H,2,4,6H2,(H,22,23). The fourth-order valence-corrected chi connectivity index (χ4v) is 3.81. The van der Waals surface area contributed by atoms with Crippen molar-refractivity contribution in [3.63, 3.8) is 0 Å². The number of hydrogen-bond donors (Lipinski definition) is 1. The second kappa shape index (κ2) is 5.68. The third-order valence-corrected chi connectivity index (χ3v) is 4.92. The molecule has 1 aliphatic heterocycles. The number of carbonyl (C=O) groups is 1. The molecular formula is C15H13N5O3S. The first kappa shape index (κ1) is 14.8. The molecule has 1 fully saturated rings. The van der Waals surface area contributed by atoms with Crippen molar-refractivity contribution < 1.29 is 9.90 Å². The van der Waals surface area contributed by atoms with Crippen molar-refractivity contribution in [1.29, 1.82) is 0 Å². The van der Waals surface area contributed by atoms with E-state index >= 15 is 0 Å². The number of pyridine rings is 1. The van der Waals surface area contributed by atoms with E-state index in [1.807, 2.05) is 6.07 Å². The molecule has 0 radical (unpaired) electrons. The van der Waals surface area contributed by atoms with Crippen molar-refractivity contribution in [3.05, 3.63) is 40.9 Å². The zero-order valence-electron chi connectivity index (χ0n) is 12.5. The van der Waals surface area contributed by atoms with Gasteiger partial charge in [0.25, 0.3) is 5.56 Å². The number of aromatic nitrogens is 4. The van der Waals surface area contributed by atoms with Crippen LogP contribution in [-0.2, 0) is 4.79 Å². The highest BCUT2D eigenvalue weighted by Gasteiger charge is 2.33. The van der Waals surface area contributed by atoms with Crippen LogP contribution in [0.2, 0.25) is 0 Å². The lowest BCUT2D eigenvalue weighted by Gasteiger charge is -2.19. The van der Waals surface area contributed by atoms with Crippen LogP contribution in [0.3, 0.4) is 0 Å². The normalized spacial score (nSPS) is 17.5. The maximum atomic E-state index is 12.3. The first-order valence-corrected chi connectivity index (χ1v) is 8.26. The summed E-state index contributed by atoms with van der Waals surface area (Å²) in [6.45, 7) is 0.612. The molecule has 1 atom stereocenters. The number of carboxylic acid groups (broad SMARTS) is 1. The Bertz CT molecular complexity index is 968. The first-order valence-electron chi connectivity index (χ1n) is 7.44. The quantitative estimate of drug-likeness (QED) is 0.764. The van der Waals surface area contributed by atoms with Gasteiger partial charge in [0.15, 0.2) is 0 Å². The zero-order valence-corrected chi connectivity index (χ0v) is 13.3. The average molecular weight is 343 g/mol. The van der Waals surface area contributed by atoms with Crippen LogP contribution in [0.4, 0.5) is 5.13 Å². The molecule has 4 rings (SSSR count). The Kier molecular flexibility index (Phi) is 3.49. The van der Waals surface area contributed by atoms with Gasteiger partial charge in [-0.2, -0.15) is 4.52 Å². The van der Waals surface area contributed by atoms with Crippen LogP contribution in [0.5, 0.6) is 0 Å². The van der Waals surface area contributed by atoms with Crippen LogP contribution in [0.25, 0.3) is 16.2 Å². The Labute approximate surface area is 140 Å². The molecule has 9 heteroatoms. The molecule has 0 saturated carbocycles. The largest absolute Gasteiger partial charge is 0.480 e. The number of rotatable bonds is 3. The van der Waals surface area contributed by atoms with Crippen LogP contribution in [0.1, 0.15) is 12.8 Å². The Morgan fingerprint density at radius 1 is 1.42 bits per heavy atom. The van der Waals surface area contributed by atoms with Gasteiger partial charge in [0.2, 0.25) is 10.1 Å². The van der Waals surface area contributed by atoms with Gasteiger partial charge in [-0.05, 0) is 25.0 Å². The van der Waals surface area contributed by atoms with E-state index in [1.54, 1.807) is 23.4 Å². The van der Waals surface area contributed by atoms with E-state index in [2.05, 4.69) is 15.1 Å². The highest BCUT2D eigenvalue weighted by molar-refractivity contribution is 7.20. The van der Waals surface area contributed by atoms with Gasteiger partial charge in [-0.1, -0.05) is 11.3 Å². The Morgan fingerprint density at radius 2 is 2.29 bits per heavy atom. The summed E-state index contributed by atoms with van der Waals surface area (Å²) in [5.74, 6) is -0.872. The maximum Gasteiger partial charge on any atom is 0.326 e. The highest BCUT2D eigenvalue weighted by atomic mass is 32.1. The second-order valence-corrected chi connectivity index (χ2v) is 6.42. The molecule has 4 heterocycles. The second-order valence-electron chi connectivity index (χ2n) is 5.49. The smallest absolute Gasteiger partial charge is 0.326 e. The van der Waals surface area contributed by atoms with E-state index in [-0.39, 0.29) is 5.56 Å². The van der Waals surface area contributed by atoms with Crippen LogP contribution < -0.4 is 10.5 Å². The minimum atomic E-state index is -0.872. The van der Waals surface area contributed by atoms with Crippen LogP contribution in [0, 0.1) is 0 Å². The van der Waals surface area contributed by atoms with Crippen molar-refractivity contribution in [2.45, 2.75) is 18.9 Å². The fourth-order valence-electron chi connectivity index (χ4n) is 2.83. The van der Waals surface area contributed by atoms with Gasteiger partial charge in [-0.15, -0.1) is 5.10 Å². The van der Waals surface area contributed by atoms with Gasteiger partial charge in [0.05, 0.1) is 5.69 Å². The predicted octanol–water partition coefficient (Wildman–Crippen LogP) is 1.27. The Morgan fingerprint density at radius 3 is 3.04 bits per heavy atom. The topological polar surface area (TPSA) is 101 Å². The summed E-state index contributed by atoms with van der Waals surface area (Å²) in [6.07, 6.45) is 4.66. The van der Waals surface area contributed by atoms with Crippen molar-refractivity contribution in [3.8, 4) is 11.3 Å². The molecule has 1 saturated heterocycles. The first-order chi connectivity index (χ1) is 11.6. The molecule has 8 nitrogen and oxygen atoms in total. The molecule has 1 unspecified atom stereocenters. The van der Waals surface area contributed by atoms with E-state index in [0.717, 1.165) is 12.0 Å². The SMILES string of the molecule is O=C(O)C1CCCN1c1nn2c(=O)cc(-c3cccnc3)nc2s1. The number of nitrogens with zero attached hydrogens (tertiary/aromatic N) is 5. The van der Waals surface area contributed by atoms with Gasteiger partial charge in [-0.3, -0.25) is 9.78 Å². The van der Waals surface area contributed by atoms with Crippen molar-refractivity contribution in [2.24, 2.45) is 0 Å². The average Bonchev–Trinajstić information content (AvgIpc) is 3.22. The van der Waals surface area contributed by atoms with Gasteiger partial charge in [0.1, 0.15) is 6.04 Å². The summed E-state index contributed by atoms with van der Waals surface area (Å²) in [5, 5.41) is 14.1. The van der Waals surface area contributed by atoms with Crippen LogP contribution in [0.15, 0.2) is 35.4 Å². The monoisotopic (exact) mass is 343 g/mol. The summed E-state index contributed by atoms with van der Waals surface area (Å²) in [6, 6.07) is 4.41. The molecule has 0 amide bonds. The molecule has 122 valence electrons. The molecule has 1 N–H and O–H groups in total. The third-order valence-electron chi connectivity index (χ3n) is 3.98. The Balaban J connectivity index is 1.80. The molecule has 0 bridgehead atoms. The van der Waals surface area contributed by atoms with E-state index < -0.39 is 12.0 Å². The molecular weight excluding hydrogens is 330 g/mol. The van der Waals surface area contributed by atoms with E-state index in [1.165, 1.54) is 21.9 Å². The summed E-state index contributed by atoms with van der Waals surface area (Å²) in [7, 11) is 0. The molecule has 24 heavy (non-hydrogen) atoms. The van der Waals surface area contributed by atoms with E-state index in [0.29, 0.717) is 28.8 Å². The van der Waals surface area contributed by atoms with Crippen molar-refractivity contribution in [2.75, 3.05) is 11.4 Å². The van der Waals surface area contributed by atoms with E-state index in [9.17, 15) is 14.7 Å². The summed E-state index contributed by atoms with van der Waals surface area (Å²) in [5.41, 5.74) is 0.976. The molecule has 0 aliphatic carbocycles. The number of fused-ring (bicyclic) bond motifs is 1. The third kappa shape index (κ3) is 2.42. The minimum Gasteiger partial charge on any atom is -0.480 e. The van der Waals surface area contributed by atoms with Crippen molar-refractivity contribution >= 4 is 27.4 Å². The molecule has 0 aromatic carbocycles. The van der Waals surface area contributed by atoms with Gasteiger partial charge in [0, 0.05) is 30.6 Å². The highest BCUT2D eigenvalue weighted by Crippen LogP contribution is 2.29. The lowest BCUT2D eigenvalue weighted by atomic mass is 10.2. The summed E-state index contributed by atoms with van der Waals surface area (Å²) >= 11 is 1.22. The fraction of sp³-hybridized carbons (Fsp3) is 0.267. The zero-order chi connectivity index (χ0) is 16.7. The van der Waals surface area contributed by atoms with Crippen molar-refractivity contribution in [1.82, 2.24) is 19.6 Å². The Hall–Kier alpha value is -2.81. The lowest BCUT2D eigenvalue weighted by Crippen LogP contribution is -2.36. The molecule has 0 spiro atoms. The number of anilines is 1. The molecule has 3 aromatic heterocycles. The van der Waals surface area contributed by atoms with Gasteiger partial charge >= 0.3 is 5.97 Å². The predicted molar refractivity (Wildman–Crippen MR) is 88.4 cm³/mol. The van der Waals surface area contributed by atoms with Crippen LogP contribution >= 0.6 is 11.3 Å². The minimum absolute atomic E-state index is 0.299. The number of hydrogen-bond acceptors (Lipinski definition) is 7. The maximum absolute atomic E-state index is 12.3. The lowest BCUT2D eigenvalue weighted by molar-refractivity contribution is -0.138. The summed E-state index contributed by atoms with van der Waals surface area (Å²) < 4.78 is 1.22. The number of carboxylic acids is 1. The van der Waals surface area contributed by atoms with Gasteiger partial charge < -0.3 is 10.0 Å². The van der Waals surface area contributed by atoms with E-state index in [4.69, 9.17) is 0 Å². The number of aliphatic carboxylic acids is 1. The molecule has 3 aromatic rings.